The SMILES string of the molecule is CC(CO)[C@H]1CC[C@H]2[C@@H]3CCC4=CC(=O)CC[C@]4(C)C3(O)CC[C@]12C. The molecule has 0 aliphatic heterocycles. The van der Waals surface area contributed by atoms with Crippen LogP contribution in [-0.4, -0.2) is 28.2 Å². The number of fused-ring (bicyclic) bond motifs is 5. The van der Waals surface area contributed by atoms with E-state index in [1.807, 2.05) is 6.08 Å². The second kappa shape index (κ2) is 5.66. The molecule has 4 rings (SSSR count). The van der Waals surface area contributed by atoms with Gasteiger partial charge in [0.25, 0.3) is 0 Å². The number of carbonyl (C=O) groups is 1. The maximum Gasteiger partial charge on any atom is 0.155 e. The summed E-state index contributed by atoms with van der Waals surface area (Å²) in [5.74, 6) is 2.07. The third-order valence-electron chi connectivity index (χ3n) is 9.20. The molecule has 0 radical (unpaired) electrons. The van der Waals surface area contributed by atoms with Gasteiger partial charge in [0.15, 0.2) is 5.78 Å². The highest BCUT2D eigenvalue weighted by atomic mass is 16.3. The van der Waals surface area contributed by atoms with Gasteiger partial charge in [-0.15, -0.1) is 0 Å². The molecule has 3 heteroatoms. The van der Waals surface area contributed by atoms with Crippen LogP contribution in [0.3, 0.4) is 0 Å². The highest BCUT2D eigenvalue weighted by Crippen LogP contribution is 2.68. The van der Waals surface area contributed by atoms with Crippen molar-refractivity contribution in [2.24, 2.45) is 34.5 Å². The molecule has 3 nitrogen and oxygen atoms in total. The van der Waals surface area contributed by atoms with Crippen LogP contribution >= 0.6 is 0 Å². The average molecular weight is 347 g/mol. The van der Waals surface area contributed by atoms with E-state index in [9.17, 15) is 15.0 Å². The van der Waals surface area contributed by atoms with Crippen LogP contribution in [0.5, 0.6) is 0 Å². The van der Waals surface area contributed by atoms with Crippen LogP contribution in [-0.2, 0) is 4.79 Å². The van der Waals surface area contributed by atoms with Gasteiger partial charge >= 0.3 is 0 Å². The standard InChI is InChI=1S/C22H34O3/c1-14(13-23)17-6-7-18-19-5-4-15-12-16(24)8-9-21(15,3)22(19,25)11-10-20(17,18)2/h12,14,17-19,23,25H,4-11,13H2,1-3H3/t14?,17-,18+,19+,20-,21+,22?/m1/s1. The predicted molar refractivity (Wildman–Crippen MR) is 97.9 cm³/mol. The first kappa shape index (κ1) is 17.7. The zero-order valence-corrected chi connectivity index (χ0v) is 16.1. The summed E-state index contributed by atoms with van der Waals surface area (Å²) in [7, 11) is 0. The second-order valence-electron chi connectivity index (χ2n) is 9.99. The fourth-order valence-electron chi connectivity index (χ4n) is 7.60. The lowest BCUT2D eigenvalue weighted by atomic mass is 9.44. The Labute approximate surface area is 151 Å². The quantitative estimate of drug-likeness (QED) is 0.798. The van der Waals surface area contributed by atoms with Crippen molar-refractivity contribution in [2.75, 3.05) is 6.61 Å². The molecule has 0 aromatic heterocycles. The number of hydrogen-bond acceptors (Lipinski definition) is 3. The van der Waals surface area contributed by atoms with Gasteiger partial charge in [-0.05, 0) is 80.1 Å². The molecule has 0 saturated heterocycles. The van der Waals surface area contributed by atoms with Gasteiger partial charge in [0.1, 0.15) is 0 Å². The Balaban J connectivity index is 1.70. The van der Waals surface area contributed by atoms with E-state index in [4.69, 9.17) is 0 Å². The number of carbonyl (C=O) groups excluding carboxylic acids is 1. The maximum atomic E-state index is 12.0. The fraction of sp³-hybridized carbons (Fsp3) is 0.864. The summed E-state index contributed by atoms with van der Waals surface area (Å²) in [6.07, 6.45) is 9.52. The molecule has 0 spiro atoms. The van der Waals surface area contributed by atoms with Crippen molar-refractivity contribution < 1.29 is 15.0 Å². The molecule has 3 fully saturated rings. The van der Waals surface area contributed by atoms with E-state index < -0.39 is 5.60 Å². The second-order valence-corrected chi connectivity index (χ2v) is 9.99. The topological polar surface area (TPSA) is 57.5 Å². The number of aliphatic hydroxyl groups is 2. The summed E-state index contributed by atoms with van der Waals surface area (Å²) < 4.78 is 0. The van der Waals surface area contributed by atoms with Gasteiger partial charge in [-0.25, -0.2) is 0 Å². The molecule has 0 heterocycles. The summed E-state index contributed by atoms with van der Waals surface area (Å²) >= 11 is 0. The molecule has 4 aliphatic rings. The highest BCUT2D eigenvalue weighted by molar-refractivity contribution is 5.91. The maximum absolute atomic E-state index is 12.0. The summed E-state index contributed by atoms with van der Waals surface area (Å²) in [6, 6.07) is 0. The Kier molecular flexibility index (Phi) is 4.01. The zero-order chi connectivity index (χ0) is 18.0. The molecule has 2 unspecified atom stereocenters. The van der Waals surface area contributed by atoms with Crippen LogP contribution in [0.25, 0.3) is 0 Å². The lowest BCUT2D eigenvalue weighted by molar-refractivity contribution is -0.194. The number of hydrogen-bond donors (Lipinski definition) is 2. The minimum atomic E-state index is -0.653. The molecular weight excluding hydrogens is 312 g/mol. The molecule has 7 atom stereocenters. The van der Waals surface area contributed by atoms with Crippen LogP contribution < -0.4 is 0 Å². The Morgan fingerprint density at radius 1 is 1.12 bits per heavy atom. The first-order valence-electron chi connectivity index (χ1n) is 10.3. The normalized spacial score (nSPS) is 50.5. The Morgan fingerprint density at radius 3 is 2.60 bits per heavy atom. The smallest absolute Gasteiger partial charge is 0.155 e. The predicted octanol–water partition coefficient (Wildman–Crippen LogP) is 3.88. The van der Waals surface area contributed by atoms with E-state index in [0.717, 1.165) is 32.1 Å². The van der Waals surface area contributed by atoms with E-state index >= 15 is 0 Å². The van der Waals surface area contributed by atoms with Crippen LogP contribution in [0, 0.1) is 34.5 Å². The molecule has 140 valence electrons. The van der Waals surface area contributed by atoms with Crippen molar-refractivity contribution in [3.05, 3.63) is 11.6 Å². The van der Waals surface area contributed by atoms with Crippen LogP contribution in [0.4, 0.5) is 0 Å². The molecular formula is C22H34O3. The number of ketones is 1. The van der Waals surface area contributed by atoms with Gasteiger partial charge < -0.3 is 10.2 Å². The molecule has 25 heavy (non-hydrogen) atoms. The van der Waals surface area contributed by atoms with Gasteiger partial charge in [0.2, 0.25) is 0 Å². The summed E-state index contributed by atoms with van der Waals surface area (Å²) in [4.78, 5) is 11.9. The van der Waals surface area contributed by atoms with Gasteiger partial charge in [-0.1, -0.05) is 26.3 Å². The number of aliphatic hydroxyl groups excluding tert-OH is 1. The molecule has 0 bridgehead atoms. The highest BCUT2D eigenvalue weighted by Gasteiger charge is 2.65. The van der Waals surface area contributed by atoms with Crippen LogP contribution in [0.2, 0.25) is 0 Å². The van der Waals surface area contributed by atoms with Crippen molar-refractivity contribution >= 4 is 5.78 Å². The first-order valence-corrected chi connectivity index (χ1v) is 10.3. The van der Waals surface area contributed by atoms with Gasteiger partial charge in [-0.2, -0.15) is 0 Å². The largest absolute Gasteiger partial charge is 0.396 e. The van der Waals surface area contributed by atoms with Crippen molar-refractivity contribution in [3.63, 3.8) is 0 Å². The summed E-state index contributed by atoms with van der Waals surface area (Å²) in [5, 5.41) is 21.7. The lowest BCUT2D eigenvalue weighted by Gasteiger charge is -2.63. The first-order chi connectivity index (χ1) is 11.8. The van der Waals surface area contributed by atoms with Crippen molar-refractivity contribution in [1.82, 2.24) is 0 Å². The molecule has 4 aliphatic carbocycles. The van der Waals surface area contributed by atoms with Crippen molar-refractivity contribution in [3.8, 4) is 0 Å². The van der Waals surface area contributed by atoms with Crippen molar-refractivity contribution in [1.29, 1.82) is 0 Å². The van der Waals surface area contributed by atoms with Gasteiger partial charge in [0, 0.05) is 18.4 Å². The zero-order valence-electron chi connectivity index (χ0n) is 16.1. The molecule has 0 aromatic carbocycles. The Bertz CT molecular complexity index is 610. The van der Waals surface area contributed by atoms with Gasteiger partial charge in [-0.3, -0.25) is 4.79 Å². The number of rotatable bonds is 2. The summed E-state index contributed by atoms with van der Waals surface area (Å²) in [5.41, 5.74) is 0.594. The van der Waals surface area contributed by atoms with E-state index in [-0.39, 0.29) is 23.2 Å². The average Bonchev–Trinajstić information content (AvgIpc) is 2.93. The van der Waals surface area contributed by atoms with E-state index in [1.54, 1.807) is 0 Å². The fourth-order valence-corrected chi connectivity index (χ4v) is 7.60. The summed E-state index contributed by atoms with van der Waals surface area (Å²) in [6.45, 7) is 7.12. The monoisotopic (exact) mass is 346 g/mol. The third-order valence-corrected chi connectivity index (χ3v) is 9.20. The van der Waals surface area contributed by atoms with Gasteiger partial charge in [0.05, 0.1) is 5.60 Å². The Morgan fingerprint density at radius 2 is 1.88 bits per heavy atom. The van der Waals surface area contributed by atoms with Crippen LogP contribution in [0.1, 0.15) is 72.1 Å². The Hall–Kier alpha value is -0.670. The van der Waals surface area contributed by atoms with E-state index in [2.05, 4.69) is 20.8 Å². The molecule has 3 saturated carbocycles. The minimum Gasteiger partial charge on any atom is -0.396 e. The molecule has 2 N–H and O–H groups in total. The van der Waals surface area contributed by atoms with E-state index in [0.29, 0.717) is 30.1 Å². The van der Waals surface area contributed by atoms with Crippen molar-refractivity contribution in [2.45, 2.75) is 77.7 Å². The molecule has 0 aromatic rings. The van der Waals surface area contributed by atoms with E-state index in [1.165, 1.54) is 18.4 Å². The van der Waals surface area contributed by atoms with Crippen LogP contribution in [0.15, 0.2) is 11.6 Å². The minimum absolute atomic E-state index is 0.216. The lowest BCUT2D eigenvalue weighted by Crippen LogP contribution is -2.63. The molecule has 0 amide bonds. The third kappa shape index (κ3) is 2.21.